The van der Waals surface area contributed by atoms with Crippen molar-refractivity contribution in [2.24, 2.45) is 0 Å². The maximum absolute atomic E-state index is 13.0. The maximum atomic E-state index is 13.0. The largest absolute Gasteiger partial charge is 0.472 e. The first-order chi connectivity index (χ1) is 57.2. The molecule has 0 fully saturated rings. The Balaban J connectivity index is 4.47. The van der Waals surface area contributed by atoms with E-state index in [1.54, 1.807) is 0 Å². The first kappa shape index (κ1) is 112. The third kappa shape index (κ3) is 91.7. The molecule has 0 aromatic carbocycles. The summed E-state index contributed by atoms with van der Waals surface area (Å²) in [6, 6.07) is 0. The Hall–Kier alpha value is -4.83. The van der Waals surface area contributed by atoms with Crippen LogP contribution in [-0.2, 0) is 55.8 Å². The quantitative estimate of drug-likeness (QED) is 0.0146. The van der Waals surface area contributed by atoms with Crippen LogP contribution in [0.4, 0.5) is 0 Å². The second-order valence-corrected chi connectivity index (χ2v) is 34.0. The van der Waals surface area contributed by atoms with E-state index in [1.165, 1.54) is 161 Å². The standard InChI is InChI=1S/C99H170O16P2/c1-4-7-10-13-16-19-22-25-28-31-33-35-37-39-41-43-44-45-46-47-48-50-52-53-55-57-59-62-64-67-70-73-76-79-82-85-97(102)109-88-94(100)89-111-116(105,106)112-90-95(101)91-113-117(107,108)114-93-96(115-99(104)87-84-81-78-75-72-69-66-61-30-27-24-21-18-15-12-9-6-3)92-110-98(103)86-83-80-77-74-71-68-65-63-60-58-56-54-51-49-42-40-38-36-34-32-29-26-23-20-17-14-11-8-5-2/h7,9-10,12,16-21,25-30,33-36,39-42,44-45,94-96,100-101H,4-6,8,11,13-15,22-24,31-32,37-38,43,46-93H2,1-3H3,(H,105,106)(H,107,108)/b10-7-,12-9-,19-16-,20-17-,21-18-,28-25-,29-26-,30-27-,35-33-,36-34-,41-39-,42-40-,45-44-. The number of carbonyl (C=O) groups is 3. The molecule has 117 heavy (non-hydrogen) atoms. The van der Waals surface area contributed by atoms with Crippen molar-refractivity contribution in [1.82, 2.24) is 0 Å². The van der Waals surface area contributed by atoms with Crippen LogP contribution in [-0.4, -0.2) is 95.9 Å². The molecule has 0 saturated carbocycles. The van der Waals surface area contributed by atoms with Crippen LogP contribution in [0.5, 0.6) is 0 Å². The Kier molecular flexibility index (Phi) is 86.7. The minimum Gasteiger partial charge on any atom is -0.463 e. The zero-order valence-corrected chi connectivity index (χ0v) is 75.9. The monoisotopic (exact) mass is 1680 g/mol. The van der Waals surface area contributed by atoms with Gasteiger partial charge in [0, 0.05) is 19.3 Å². The minimum atomic E-state index is -4.94. The van der Waals surface area contributed by atoms with Crippen LogP contribution < -0.4 is 0 Å². The predicted molar refractivity (Wildman–Crippen MR) is 491 cm³/mol. The fourth-order valence-electron chi connectivity index (χ4n) is 12.7. The Morgan fingerprint density at radius 1 is 0.248 bits per heavy atom. The number of phosphoric acid groups is 2. The summed E-state index contributed by atoms with van der Waals surface area (Å²) >= 11 is 0. The highest BCUT2D eigenvalue weighted by Crippen LogP contribution is 2.45. The van der Waals surface area contributed by atoms with Gasteiger partial charge in [-0.15, -0.1) is 0 Å². The molecule has 0 radical (unpaired) electrons. The van der Waals surface area contributed by atoms with E-state index in [1.807, 2.05) is 0 Å². The second-order valence-electron chi connectivity index (χ2n) is 31.0. The summed E-state index contributed by atoms with van der Waals surface area (Å²) in [4.78, 5) is 59.0. The van der Waals surface area contributed by atoms with Gasteiger partial charge in [-0.1, -0.05) is 384 Å². The number of hydrogen-bond acceptors (Lipinski definition) is 14. The van der Waals surface area contributed by atoms with Crippen LogP contribution in [0.1, 0.15) is 393 Å². The molecule has 0 spiro atoms. The van der Waals surface area contributed by atoms with E-state index in [0.29, 0.717) is 19.3 Å². The number of allylic oxidation sites excluding steroid dienone is 26. The third-order valence-corrected chi connectivity index (χ3v) is 21.6. The van der Waals surface area contributed by atoms with Gasteiger partial charge in [0.25, 0.3) is 0 Å². The minimum absolute atomic E-state index is 0.0913. The molecular formula is C99H170O16P2. The van der Waals surface area contributed by atoms with Gasteiger partial charge in [-0.3, -0.25) is 32.5 Å². The Bertz CT molecular complexity index is 2760. The summed E-state index contributed by atoms with van der Waals surface area (Å²) in [6.07, 6.45) is 116. The summed E-state index contributed by atoms with van der Waals surface area (Å²) in [7, 11) is -9.81. The van der Waals surface area contributed by atoms with Gasteiger partial charge in [0.05, 0.1) is 26.4 Å². The lowest BCUT2D eigenvalue weighted by Gasteiger charge is -2.21. The van der Waals surface area contributed by atoms with E-state index in [9.17, 15) is 43.5 Å². The molecule has 0 aromatic heterocycles. The van der Waals surface area contributed by atoms with Gasteiger partial charge in [-0.25, -0.2) is 9.13 Å². The first-order valence-corrected chi connectivity index (χ1v) is 49.8. The molecule has 16 nitrogen and oxygen atoms in total. The van der Waals surface area contributed by atoms with Crippen molar-refractivity contribution >= 4 is 33.6 Å². The molecule has 0 heterocycles. The number of aliphatic hydroxyl groups excluding tert-OH is 2. The SMILES string of the molecule is CC/C=C\C/C=C\C/C=C\C/C=C\C/C=C\C/C=C\CCCCCCCCCCCCCCCCCCC(=O)OCC(O)COP(=O)(O)OCC(O)COP(=O)(O)OCC(COC(=O)CCCCCCCCCCCCCCC/C=C\C/C=C\C/C=C\C/C=C\CCCCC)OC(=O)CCCCCCCCC/C=C\C/C=C\C/C=C\CC. The van der Waals surface area contributed by atoms with Gasteiger partial charge in [0.1, 0.15) is 25.4 Å². The molecule has 0 saturated heterocycles. The van der Waals surface area contributed by atoms with Crippen molar-refractivity contribution in [2.75, 3.05) is 39.6 Å². The van der Waals surface area contributed by atoms with Crippen molar-refractivity contribution in [2.45, 2.75) is 411 Å². The van der Waals surface area contributed by atoms with Gasteiger partial charge in [0.15, 0.2) is 6.10 Å². The molecule has 5 atom stereocenters. The van der Waals surface area contributed by atoms with E-state index < -0.39 is 91.5 Å². The van der Waals surface area contributed by atoms with E-state index in [-0.39, 0.29) is 19.3 Å². The van der Waals surface area contributed by atoms with Crippen LogP contribution in [0.25, 0.3) is 0 Å². The molecule has 5 unspecified atom stereocenters. The van der Waals surface area contributed by atoms with Gasteiger partial charge < -0.3 is 34.2 Å². The smallest absolute Gasteiger partial charge is 0.463 e. The van der Waals surface area contributed by atoms with Crippen molar-refractivity contribution in [3.63, 3.8) is 0 Å². The number of carbonyl (C=O) groups excluding carboxylic acids is 3. The fourth-order valence-corrected chi connectivity index (χ4v) is 14.3. The number of hydrogen-bond donors (Lipinski definition) is 4. The number of esters is 3. The molecule has 672 valence electrons. The van der Waals surface area contributed by atoms with E-state index >= 15 is 0 Å². The lowest BCUT2D eigenvalue weighted by atomic mass is 10.0. The van der Waals surface area contributed by atoms with Gasteiger partial charge in [0.2, 0.25) is 0 Å². The van der Waals surface area contributed by atoms with Crippen molar-refractivity contribution in [1.29, 1.82) is 0 Å². The summed E-state index contributed by atoms with van der Waals surface area (Å²) in [5.41, 5.74) is 0. The Morgan fingerprint density at radius 3 is 0.718 bits per heavy atom. The molecule has 18 heteroatoms. The summed E-state index contributed by atoms with van der Waals surface area (Å²) in [6.45, 7) is 2.47. The van der Waals surface area contributed by atoms with Gasteiger partial charge in [-0.2, -0.15) is 0 Å². The van der Waals surface area contributed by atoms with Gasteiger partial charge in [-0.05, 0) is 148 Å². The van der Waals surface area contributed by atoms with E-state index in [2.05, 4.69) is 179 Å². The average molecular weight is 1680 g/mol. The van der Waals surface area contributed by atoms with Gasteiger partial charge >= 0.3 is 33.6 Å². The molecule has 0 aliphatic heterocycles. The van der Waals surface area contributed by atoms with Crippen LogP contribution in [0.2, 0.25) is 0 Å². The van der Waals surface area contributed by atoms with Crippen molar-refractivity contribution in [3.05, 3.63) is 158 Å². The predicted octanol–water partition coefficient (Wildman–Crippen LogP) is 28.9. The van der Waals surface area contributed by atoms with Crippen molar-refractivity contribution < 1.29 is 75.8 Å². The van der Waals surface area contributed by atoms with Crippen molar-refractivity contribution in [3.8, 4) is 0 Å². The topological polar surface area (TPSA) is 231 Å². The second kappa shape index (κ2) is 90.4. The number of phosphoric ester groups is 2. The van der Waals surface area contributed by atoms with E-state index in [4.69, 9.17) is 32.3 Å². The normalized spacial score (nSPS) is 14.5. The average Bonchev–Trinajstić information content (AvgIpc) is 0.901. The van der Waals surface area contributed by atoms with Crippen LogP contribution >= 0.6 is 15.6 Å². The zero-order valence-electron chi connectivity index (χ0n) is 74.1. The molecule has 0 aliphatic rings. The summed E-state index contributed by atoms with van der Waals surface area (Å²) in [5, 5.41) is 20.7. The highest BCUT2D eigenvalue weighted by Gasteiger charge is 2.29. The molecular weight excluding hydrogens is 1510 g/mol. The van der Waals surface area contributed by atoms with E-state index in [0.717, 1.165) is 173 Å². The Morgan fingerprint density at radius 2 is 0.453 bits per heavy atom. The third-order valence-electron chi connectivity index (χ3n) is 19.7. The number of ether oxygens (including phenoxy) is 3. The Labute approximate surface area is 714 Å². The van der Waals surface area contributed by atoms with Crippen LogP contribution in [0.15, 0.2) is 158 Å². The zero-order chi connectivity index (χ0) is 85.1. The molecule has 0 aliphatic carbocycles. The van der Waals surface area contributed by atoms with Crippen LogP contribution in [0.3, 0.4) is 0 Å². The molecule has 0 bridgehead atoms. The highest BCUT2D eigenvalue weighted by molar-refractivity contribution is 7.47. The highest BCUT2D eigenvalue weighted by atomic mass is 31.2. The molecule has 0 aromatic rings. The summed E-state index contributed by atoms with van der Waals surface area (Å²) in [5.74, 6) is -1.58. The number of rotatable bonds is 88. The molecule has 0 amide bonds. The first-order valence-electron chi connectivity index (χ1n) is 46.8. The van der Waals surface area contributed by atoms with Crippen LogP contribution in [0, 0.1) is 0 Å². The fraction of sp³-hybridized carbons (Fsp3) is 0.707. The lowest BCUT2D eigenvalue weighted by molar-refractivity contribution is -0.161. The number of aliphatic hydroxyl groups is 2. The summed E-state index contributed by atoms with van der Waals surface area (Å²) < 4.78 is 61.5. The maximum Gasteiger partial charge on any atom is 0.472 e. The molecule has 4 N–H and O–H groups in total. The molecule has 0 rings (SSSR count). The number of unbranched alkanes of at least 4 members (excludes halogenated alkanes) is 39. The lowest BCUT2D eigenvalue weighted by Crippen LogP contribution is -2.30.